The van der Waals surface area contributed by atoms with E-state index in [1.54, 1.807) is 7.05 Å². The highest BCUT2D eigenvalue weighted by Crippen LogP contribution is 2.33. The van der Waals surface area contributed by atoms with Crippen LogP contribution in [-0.2, 0) is 20.0 Å². The molecule has 0 unspecified atom stereocenters. The highest BCUT2D eigenvalue weighted by molar-refractivity contribution is 7.91. The first-order valence-corrected chi connectivity index (χ1v) is 10.7. The molecule has 1 aromatic rings. The van der Waals surface area contributed by atoms with Crippen LogP contribution in [0.1, 0.15) is 45.6 Å². The number of nitrogens with one attached hydrogen (secondary N) is 2. The van der Waals surface area contributed by atoms with Crippen LogP contribution in [-0.4, -0.2) is 44.6 Å². The van der Waals surface area contributed by atoms with Crippen molar-refractivity contribution >= 4 is 15.7 Å². The Balaban J connectivity index is 2.83. The molecule has 0 aliphatic heterocycles. The van der Waals surface area contributed by atoms with Gasteiger partial charge >= 0.3 is 0 Å². The minimum Gasteiger partial charge on any atom is -0.395 e. The summed E-state index contributed by atoms with van der Waals surface area (Å²) in [4.78, 5) is 12.6. The third kappa shape index (κ3) is 6.70. The molecule has 148 valence electrons. The number of aliphatic hydroxyl groups excluding tert-OH is 1. The van der Waals surface area contributed by atoms with Crippen LogP contribution >= 0.6 is 0 Å². The first kappa shape index (κ1) is 22.6. The Bertz CT molecular complexity index is 674. The van der Waals surface area contributed by atoms with Crippen molar-refractivity contribution in [1.29, 1.82) is 0 Å². The summed E-state index contributed by atoms with van der Waals surface area (Å²) in [6.45, 7) is 5.38. The molecule has 0 spiro atoms. The molecule has 0 aromatic heterocycles. The van der Waals surface area contributed by atoms with Crippen LogP contribution in [0.2, 0.25) is 0 Å². The first-order chi connectivity index (χ1) is 12.1. The van der Waals surface area contributed by atoms with Crippen molar-refractivity contribution in [2.75, 3.05) is 25.2 Å². The number of rotatable bonds is 11. The van der Waals surface area contributed by atoms with Crippen molar-refractivity contribution in [3.8, 4) is 0 Å². The van der Waals surface area contributed by atoms with Crippen molar-refractivity contribution in [3.05, 3.63) is 35.9 Å². The molecule has 0 radical (unpaired) electrons. The number of benzene rings is 1. The van der Waals surface area contributed by atoms with Crippen LogP contribution in [0.15, 0.2) is 30.3 Å². The summed E-state index contributed by atoms with van der Waals surface area (Å²) in [7, 11) is -1.62. The lowest BCUT2D eigenvalue weighted by Crippen LogP contribution is -2.47. The monoisotopic (exact) mass is 384 g/mol. The van der Waals surface area contributed by atoms with Crippen LogP contribution < -0.4 is 10.9 Å². The summed E-state index contributed by atoms with van der Waals surface area (Å²) in [6, 6.07) is 9.60. The zero-order valence-corrected chi connectivity index (χ0v) is 17.0. The van der Waals surface area contributed by atoms with Crippen LogP contribution in [0.25, 0.3) is 0 Å². The Labute approximate surface area is 157 Å². The van der Waals surface area contributed by atoms with Gasteiger partial charge in [-0.05, 0) is 30.7 Å². The maximum absolute atomic E-state index is 12.6. The van der Waals surface area contributed by atoms with E-state index in [0.717, 1.165) is 5.56 Å². The highest BCUT2D eigenvalue weighted by atomic mass is 32.2. The van der Waals surface area contributed by atoms with E-state index in [1.165, 1.54) is 0 Å². The van der Waals surface area contributed by atoms with E-state index < -0.39 is 20.7 Å². The second kappa shape index (κ2) is 9.48. The third-order valence-electron chi connectivity index (χ3n) is 4.69. The van der Waals surface area contributed by atoms with Gasteiger partial charge in [-0.1, -0.05) is 50.6 Å². The van der Waals surface area contributed by atoms with Gasteiger partial charge in [0.15, 0.2) is 9.84 Å². The first-order valence-electron chi connectivity index (χ1n) is 8.90. The largest absolute Gasteiger partial charge is 0.395 e. The highest BCUT2D eigenvalue weighted by Gasteiger charge is 2.35. The number of amides is 1. The van der Waals surface area contributed by atoms with Gasteiger partial charge in [0.1, 0.15) is 0 Å². The predicted molar refractivity (Wildman–Crippen MR) is 104 cm³/mol. The van der Waals surface area contributed by atoms with E-state index in [2.05, 4.69) is 10.9 Å². The molecule has 1 rings (SSSR count). The predicted octanol–water partition coefficient (Wildman–Crippen LogP) is 1.80. The van der Waals surface area contributed by atoms with E-state index >= 15 is 0 Å². The van der Waals surface area contributed by atoms with Gasteiger partial charge < -0.3 is 5.11 Å². The second-order valence-electron chi connectivity index (χ2n) is 7.74. The molecule has 0 heterocycles. The minimum absolute atomic E-state index is 0.0331. The van der Waals surface area contributed by atoms with Crippen molar-refractivity contribution in [2.45, 2.75) is 45.4 Å². The van der Waals surface area contributed by atoms with Crippen molar-refractivity contribution in [3.63, 3.8) is 0 Å². The Kier molecular flexibility index (Phi) is 8.24. The van der Waals surface area contributed by atoms with E-state index in [9.17, 15) is 13.2 Å². The molecule has 26 heavy (non-hydrogen) atoms. The Morgan fingerprint density at radius 1 is 1.12 bits per heavy atom. The number of hydrazine groups is 1. The second-order valence-corrected chi connectivity index (χ2v) is 9.92. The molecular formula is C19H32N2O4S. The van der Waals surface area contributed by atoms with Crippen LogP contribution in [0.3, 0.4) is 0 Å². The third-order valence-corrected chi connectivity index (χ3v) is 6.72. The maximum Gasteiger partial charge on any atom is 0.244 e. The zero-order chi connectivity index (χ0) is 19.8. The molecule has 0 bridgehead atoms. The number of sulfone groups is 1. The Hall–Kier alpha value is -1.44. The molecule has 1 amide bonds. The molecule has 7 heteroatoms. The van der Waals surface area contributed by atoms with Crippen molar-refractivity contribution in [2.24, 2.45) is 5.41 Å². The Morgan fingerprint density at radius 2 is 1.73 bits per heavy atom. The van der Waals surface area contributed by atoms with Gasteiger partial charge in [0.2, 0.25) is 5.91 Å². The van der Waals surface area contributed by atoms with Gasteiger partial charge in [-0.15, -0.1) is 0 Å². The van der Waals surface area contributed by atoms with Gasteiger partial charge in [-0.3, -0.25) is 10.2 Å². The summed E-state index contributed by atoms with van der Waals surface area (Å²) >= 11 is 0. The van der Waals surface area contributed by atoms with E-state index in [4.69, 9.17) is 5.11 Å². The topological polar surface area (TPSA) is 95.5 Å². The molecule has 6 nitrogen and oxygen atoms in total. The maximum atomic E-state index is 12.6. The molecule has 0 fully saturated rings. The molecule has 0 saturated carbocycles. The lowest BCUT2D eigenvalue weighted by atomic mass is 9.75. The van der Waals surface area contributed by atoms with Gasteiger partial charge in [-0.2, -0.15) is 0 Å². The molecule has 0 aliphatic rings. The smallest absolute Gasteiger partial charge is 0.244 e. The number of hydrogen-bond donors (Lipinski definition) is 3. The fourth-order valence-corrected chi connectivity index (χ4v) is 5.00. The summed E-state index contributed by atoms with van der Waals surface area (Å²) < 4.78 is 24.0. The average Bonchev–Trinajstić information content (AvgIpc) is 2.54. The van der Waals surface area contributed by atoms with Gasteiger partial charge in [0.05, 0.1) is 23.5 Å². The molecule has 0 aliphatic carbocycles. The zero-order valence-electron chi connectivity index (χ0n) is 16.2. The molecular weight excluding hydrogens is 352 g/mol. The van der Waals surface area contributed by atoms with Crippen molar-refractivity contribution < 1.29 is 18.3 Å². The van der Waals surface area contributed by atoms with E-state index in [-0.39, 0.29) is 24.0 Å². The average molecular weight is 385 g/mol. The summed E-state index contributed by atoms with van der Waals surface area (Å²) in [6.07, 6.45) is 1.99. The quantitative estimate of drug-likeness (QED) is 0.506. The molecule has 3 N–H and O–H groups in total. The molecule has 0 saturated heterocycles. The van der Waals surface area contributed by atoms with Crippen LogP contribution in [0, 0.1) is 5.41 Å². The number of aliphatic hydroxyl groups is 1. The van der Waals surface area contributed by atoms with E-state index in [0.29, 0.717) is 19.3 Å². The lowest BCUT2D eigenvalue weighted by Gasteiger charge is -2.31. The minimum atomic E-state index is -3.27. The fourth-order valence-electron chi connectivity index (χ4n) is 3.25. The SMILES string of the molecule is CNNC(=O)[C@](C)(CCCC(C)(C)CS(=O)(=O)CCO)c1ccccc1. The molecule has 1 atom stereocenters. The summed E-state index contributed by atoms with van der Waals surface area (Å²) in [5.41, 5.74) is 5.18. The normalized spacial score (nSPS) is 14.7. The van der Waals surface area contributed by atoms with Crippen LogP contribution in [0.4, 0.5) is 0 Å². The fraction of sp³-hybridized carbons (Fsp3) is 0.632. The van der Waals surface area contributed by atoms with Crippen LogP contribution in [0.5, 0.6) is 0 Å². The molecule has 1 aromatic carbocycles. The Morgan fingerprint density at radius 3 is 2.27 bits per heavy atom. The standard InChI is InChI=1S/C19H32N2O4S/c1-18(2,15-26(24,25)14-13-22)11-8-12-19(3,17(23)21-20-4)16-9-6-5-7-10-16/h5-7,9-10,20,22H,8,11-15H2,1-4H3,(H,21,23)/t19-/m1/s1. The number of carbonyl (C=O) groups is 1. The summed E-state index contributed by atoms with van der Waals surface area (Å²) in [5, 5.41) is 8.89. The van der Waals surface area contributed by atoms with Gasteiger partial charge in [0.25, 0.3) is 0 Å². The van der Waals surface area contributed by atoms with Gasteiger partial charge in [0, 0.05) is 7.05 Å². The van der Waals surface area contributed by atoms with E-state index in [1.807, 2.05) is 51.1 Å². The summed E-state index contributed by atoms with van der Waals surface area (Å²) in [5.74, 6) is -0.287. The number of hydrogen-bond acceptors (Lipinski definition) is 5. The van der Waals surface area contributed by atoms with Gasteiger partial charge in [-0.25, -0.2) is 13.8 Å². The number of carbonyl (C=O) groups excluding carboxylic acids is 1. The lowest BCUT2D eigenvalue weighted by molar-refractivity contribution is -0.127. The van der Waals surface area contributed by atoms with Crippen molar-refractivity contribution in [1.82, 2.24) is 10.9 Å².